The van der Waals surface area contributed by atoms with Gasteiger partial charge in [-0.25, -0.2) is 0 Å². The van der Waals surface area contributed by atoms with Gasteiger partial charge < -0.3 is 0 Å². The molecule has 2 aromatic carbocycles. The molecule has 0 heterocycles. The maximum absolute atomic E-state index is 13.5. The number of Topliss-reactive ketones (excluding diaryl/α,β-unsaturated/α-hetero) is 2. The van der Waals surface area contributed by atoms with E-state index < -0.39 is 13.6 Å². The zero-order valence-electron chi connectivity index (χ0n) is 17.0. The Kier molecular flexibility index (Phi) is 6.49. The molecule has 0 amide bonds. The number of carbonyl (C=O) groups is 2. The summed E-state index contributed by atoms with van der Waals surface area (Å²) in [5.41, 5.74) is 5.48. The van der Waals surface area contributed by atoms with Crippen LogP contribution in [0.3, 0.4) is 0 Å². The van der Waals surface area contributed by atoms with Crippen molar-refractivity contribution < 1.29 is 14.2 Å². The Hall–Kier alpha value is -2.12. The molecule has 2 rings (SSSR count). The summed E-state index contributed by atoms with van der Waals surface area (Å²) in [6, 6.07) is 9.58. The Balaban J connectivity index is 2.67. The van der Waals surface area contributed by atoms with E-state index in [9.17, 15) is 14.2 Å². The third kappa shape index (κ3) is 3.80. The predicted molar refractivity (Wildman–Crippen MR) is 111 cm³/mol. The number of aryl methyl sites for hydroxylation is 5. The van der Waals surface area contributed by atoms with Crippen molar-refractivity contribution in [3.8, 4) is 0 Å². The van der Waals surface area contributed by atoms with Gasteiger partial charge in [-0.05, 0) is 62.8 Å². The number of hydrogen-bond acceptors (Lipinski definition) is 3. The van der Waals surface area contributed by atoms with Crippen molar-refractivity contribution in [3.63, 3.8) is 0 Å². The first-order valence-electron chi connectivity index (χ1n) is 9.33. The van der Waals surface area contributed by atoms with Gasteiger partial charge in [0, 0.05) is 11.1 Å². The molecule has 4 heteroatoms. The molecular formula is C23H27O3P. The summed E-state index contributed by atoms with van der Waals surface area (Å²) in [5.74, 6) is -0.745. The molecule has 0 bridgehead atoms. The Bertz CT molecular complexity index is 869. The van der Waals surface area contributed by atoms with Crippen molar-refractivity contribution in [1.82, 2.24) is 0 Å². The first-order valence-corrected chi connectivity index (χ1v) is 10.1. The van der Waals surface area contributed by atoms with Crippen LogP contribution in [0, 0.1) is 20.8 Å². The van der Waals surface area contributed by atoms with Crippen molar-refractivity contribution in [2.45, 2.75) is 59.5 Å². The molecule has 2 aromatic rings. The molecule has 0 spiro atoms. The first-order chi connectivity index (χ1) is 12.7. The van der Waals surface area contributed by atoms with E-state index in [-0.39, 0.29) is 11.6 Å². The summed E-state index contributed by atoms with van der Waals surface area (Å²) >= 11 is 0. The smallest absolute Gasteiger partial charge is 0.188 e. The van der Waals surface area contributed by atoms with Crippen LogP contribution in [-0.4, -0.2) is 16.7 Å². The second kappa shape index (κ2) is 8.27. The van der Waals surface area contributed by atoms with E-state index in [0.29, 0.717) is 24.0 Å². The fourth-order valence-electron chi connectivity index (χ4n) is 3.75. The molecule has 142 valence electrons. The summed E-state index contributed by atoms with van der Waals surface area (Å²) in [6.07, 6.45) is 1.36. The summed E-state index contributed by atoms with van der Waals surface area (Å²) in [6.45, 7) is 11.1. The average Bonchev–Trinajstić information content (AvgIpc) is 2.64. The zero-order chi connectivity index (χ0) is 20.4. The highest BCUT2D eigenvalue weighted by Crippen LogP contribution is 2.35. The van der Waals surface area contributed by atoms with Gasteiger partial charge in [0.25, 0.3) is 0 Å². The third-order valence-corrected chi connectivity index (χ3v) is 5.97. The van der Waals surface area contributed by atoms with Crippen LogP contribution in [0.2, 0.25) is 0 Å². The van der Waals surface area contributed by atoms with Gasteiger partial charge in [-0.15, -0.1) is 0 Å². The van der Waals surface area contributed by atoms with Crippen LogP contribution >= 0.6 is 8.46 Å². The molecular weight excluding hydrogens is 355 g/mol. The molecule has 0 aliphatic heterocycles. The molecule has 0 saturated heterocycles. The van der Waals surface area contributed by atoms with Crippen LogP contribution in [-0.2, 0) is 17.4 Å². The SMILES string of the molecule is CCc1cccc(CC)c1C(=O)C(C)(P=O)C(=O)c1c(C)cc(C)cc1C. The predicted octanol–water partition coefficient (Wildman–Crippen LogP) is 5.85. The highest BCUT2D eigenvalue weighted by molar-refractivity contribution is 7.30. The van der Waals surface area contributed by atoms with Crippen molar-refractivity contribution in [2.24, 2.45) is 0 Å². The molecule has 1 atom stereocenters. The van der Waals surface area contributed by atoms with Gasteiger partial charge in [-0.1, -0.05) is 49.7 Å². The van der Waals surface area contributed by atoms with E-state index in [4.69, 9.17) is 0 Å². The molecule has 0 saturated carbocycles. The van der Waals surface area contributed by atoms with Gasteiger partial charge in [0.05, 0.1) is 0 Å². The fourth-order valence-corrected chi connectivity index (χ4v) is 4.13. The van der Waals surface area contributed by atoms with Gasteiger partial charge in [0.1, 0.15) is 0 Å². The minimum absolute atomic E-state index is 0.363. The molecule has 27 heavy (non-hydrogen) atoms. The molecule has 3 nitrogen and oxygen atoms in total. The highest BCUT2D eigenvalue weighted by Gasteiger charge is 2.45. The Labute approximate surface area is 163 Å². The van der Waals surface area contributed by atoms with Crippen molar-refractivity contribution in [2.75, 3.05) is 0 Å². The lowest BCUT2D eigenvalue weighted by molar-refractivity contribution is 0.0843. The number of benzene rings is 2. The number of ketones is 2. The van der Waals surface area contributed by atoms with Crippen LogP contribution < -0.4 is 0 Å². The van der Waals surface area contributed by atoms with E-state index >= 15 is 0 Å². The van der Waals surface area contributed by atoms with E-state index in [2.05, 4.69) is 0 Å². The minimum Gasteiger partial charge on any atom is -0.292 e. The first kappa shape index (κ1) is 21.2. The minimum atomic E-state index is -1.64. The Morgan fingerprint density at radius 1 is 0.889 bits per heavy atom. The van der Waals surface area contributed by atoms with E-state index in [0.717, 1.165) is 27.8 Å². The molecule has 0 aromatic heterocycles. The molecule has 0 N–H and O–H groups in total. The van der Waals surface area contributed by atoms with Crippen LogP contribution in [0.1, 0.15) is 69.3 Å². The Morgan fingerprint density at radius 2 is 1.33 bits per heavy atom. The number of carbonyl (C=O) groups excluding carboxylic acids is 2. The molecule has 0 fully saturated rings. The largest absolute Gasteiger partial charge is 0.292 e. The monoisotopic (exact) mass is 382 g/mol. The average molecular weight is 382 g/mol. The zero-order valence-corrected chi connectivity index (χ0v) is 17.9. The summed E-state index contributed by atoms with van der Waals surface area (Å²) in [4.78, 5) is 27.0. The highest BCUT2D eigenvalue weighted by atomic mass is 31.1. The molecule has 1 unspecified atom stereocenters. The maximum atomic E-state index is 13.5. The normalized spacial score (nSPS) is 13.4. The van der Waals surface area contributed by atoms with Crippen molar-refractivity contribution >= 4 is 20.0 Å². The van der Waals surface area contributed by atoms with Crippen LogP contribution in [0.5, 0.6) is 0 Å². The lowest BCUT2D eigenvalue weighted by atomic mass is 9.83. The van der Waals surface area contributed by atoms with Crippen LogP contribution in [0.4, 0.5) is 0 Å². The lowest BCUT2D eigenvalue weighted by Gasteiger charge is -2.24. The fraction of sp³-hybridized carbons (Fsp3) is 0.391. The summed E-state index contributed by atoms with van der Waals surface area (Å²) in [7, 11) is -0.480. The molecule has 0 radical (unpaired) electrons. The number of hydrogen-bond donors (Lipinski definition) is 0. The second-order valence-electron chi connectivity index (χ2n) is 7.25. The topological polar surface area (TPSA) is 51.2 Å². The van der Waals surface area contributed by atoms with Crippen molar-refractivity contribution in [3.05, 3.63) is 69.3 Å². The van der Waals surface area contributed by atoms with E-state index in [1.165, 1.54) is 6.92 Å². The second-order valence-corrected chi connectivity index (χ2v) is 8.33. The standard InChI is InChI=1S/C23H27O3P/c1-7-17-10-9-11-18(8-2)20(17)22(25)23(6,27-26)21(24)19-15(4)12-14(3)13-16(19)5/h9-13H,7-8H2,1-6H3. The summed E-state index contributed by atoms with van der Waals surface area (Å²) < 4.78 is 12.2. The number of rotatable bonds is 7. The van der Waals surface area contributed by atoms with Crippen LogP contribution in [0.25, 0.3) is 0 Å². The molecule has 0 aliphatic rings. The maximum Gasteiger partial charge on any atom is 0.188 e. The van der Waals surface area contributed by atoms with Gasteiger partial charge in [0.2, 0.25) is 0 Å². The van der Waals surface area contributed by atoms with Gasteiger partial charge >= 0.3 is 0 Å². The van der Waals surface area contributed by atoms with Crippen molar-refractivity contribution in [1.29, 1.82) is 0 Å². The van der Waals surface area contributed by atoms with Gasteiger partial charge in [-0.3, -0.25) is 14.2 Å². The molecule has 0 aliphatic carbocycles. The quantitative estimate of drug-likeness (QED) is 0.343. The van der Waals surface area contributed by atoms with E-state index in [1.807, 2.05) is 65.0 Å². The Morgan fingerprint density at radius 3 is 1.74 bits per heavy atom. The van der Waals surface area contributed by atoms with Gasteiger partial charge in [-0.2, -0.15) is 0 Å². The van der Waals surface area contributed by atoms with E-state index in [1.54, 1.807) is 0 Å². The lowest BCUT2D eigenvalue weighted by Crippen LogP contribution is -2.40. The summed E-state index contributed by atoms with van der Waals surface area (Å²) in [5, 5.41) is -1.64. The van der Waals surface area contributed by atoms with Gasteiger partial charge in [0.15, 0.2) is 25.2 Å². The van der Waals surface area contributed by atoms with Crippen LogP contribution in [0.15, 0.2) is 30.3 Å². The third-order valence-electron chi connectivity index (χ3n) is 5.20.